The molecule has 0 spiro atoms. The molecule has 0 aliphatic rings. The van der Waals surface area contributed by atoms with Gasteiger partial charge in [-0.2, -0.15) is 0 Å². The van der Waals surface area contributed by atoms with E-state index < -0.39 is 0 Å². The quantitative estimate of drug-likeness (QED) is 0.856. The molecule has 0 saturated carbocycles. The van der Waals surface area contributed by atoms with Crippen molar-refractivity contribution in [1.82, 2.24) is 9.97 Å². The molecule has 94 valence electrons. The van der Waals surface area contributed by atoms with E-state index in [2.05, 4.69) is 37.9 Å². The van der Waals surface area contributed by atoms with Crippen molar-refractivity contribution in [2.24, 2.45) is 0 Å². The Balaban J connectivity index is 2.48. The van der Waals surface area contributed by atoms with Crippen molar-refractivity contribution in [2.45, 2.75) is 6.92 Å². The first-order valence-electron chi connectivity index (χ1n) is 5.68. The lowest BCUT2D eigenvalue weighted by Gasteiger charge is -2.10. The summed E-state index contributed by atoms with van der Waals surface area (Å²) in [4.78, 5) is 8.86. The van der Waals surface area contributed by atoms with Crippen LogP contribution in [0.3, 0.4) is 0 Å². The van der Waals surface area contributed by atoms with Crippen molar-refractivity contribution in [2.75, 3.05) is 19.0 Å². The SMILES string of the molecule is CCOc1ccccc1-c1ncc(I)c(NC)n1. The Bertz CT molecular complexity index is 546. The van der Waals surface area contributed by atoms with Crippen molar-refractivity contribution in [1.29, 1.82) is 0 Å². The highest BCUT2D eigenvalue weighted by Crippen LogP contribution is 2.28. The van der Waals surface area contributed by atoms with Crippen molar-refractivity contribution >= 4 is 28.4 Å². The zero-order valence-corrected chi connectivity index (χ0v) is 12.4. The summed E-state index contributed by atoms with van der Waals surface area (Å²) >= 11 is 2.20. The molecule has 0 radical (unpaired) electrons. The number of hydrogen-bond donors (Lipinski definition) is 1. The first-order chi connectivity index (χ1) is 8.76. The normalized spacial score (nSPS) is 10.2. The second-order valence-corrected chi connectivity index (χ2v) is 4.73. The van der Waals surface area contributed by atoms with E-state index in [-0.39, 0.29) is 0 Å². The summed E-state index contributed by atoms with van der Waals surface area (Å²) in [6.07, 6.45) is 1.80. The molecule has 1 heterocycles. The third-order valence-corrected chi connectivity index (χ3v) is 3.20. The van der Waals surface area contributed by atoms with Gasteiger partial charge in [0.25, 0.3) is 0 Å². The van der Waals surface area contributed by atoms with E-state index in [4.69, 9.17) is 4.74 Å². The molecule has 4 nitrogen and oxygen atoms in total. The highest BCUT2D eigenvalue weighted by Gasteiger charge is 2.10. The Morgan fingerprint density at radius 3 is 2.83 bits per heavy atom. The van der Waals surface area contributed by atoms with E-state index in [0.717, 1.165) is 20.7 Å². The Labute approximate surface area is 120 Å². The van der Waals surface area contributed by atoms with Crippen LogP contribution in [0.25, 0.3) is 11.4 Å². The van der Waals surface area contributed by atoms with Gasteiger partial charge in [0.05, 0.1) is 15.7 Å². The molecule has 2 aromatic rings. The number of nitrogens with zero attached hydrogens (tertiary/aromatic N) is 2. The zero-order chi connectivity index (χ0) is 13.0. The summed E-state index contributed by atoms with van der Waals surface area (Å²) in [6.45, 7) is 2.59. The molecule has 0 aliphatic carbocycles. The highest BCUT2D eigenvalue weighted by atomic mass is 127. The van der Waals surface area contributed by atoms with Crippen LogP contribution in [0.2, 0.25) is 0 Å². The van der Waals surface area contributed by atoms with Crippen molar-refractivity contribution in [3.8, 4) is 17.1 Å². The van der Waals surface area contributed by atoms with Crippen LogP contribution in [0, 0.1) is 3.57 Å². The monoisotopic (exact) mass is 355 g/mol. The molecule has 5 heteroatoms. The largest absolute Gasteiger partial charge is 0.493 e. The lowest BCUT2D eigenvalue weighted by Crippen LogP contribution is -2.01. The summed E-state index contributed by atoms with van der Waals surface area (Å²) in [7, 11) is 1.85. The zero-order valence-electron chi connectivity index (χ0n) is 10.3. The smallest absolute Gasteiger partial charge is 0.165 e. The summed E-state index contributed by atoms with van der Waals surface area (Å²) in [5, 5.41) is 3.06. The van der Waals surface area contributed by atoms with E-state index in [0.29, 0.717) is 12.4 Å². The minimum atomic E-state index is 0.625. The molecular weight excluding hydrogens is 341 g/mol. The van der Waals surface area contributed by atoms with Crippen LogP contribution in [0.15, 0.2) is 30.5 Å². The number of ether oxygens (including phenoxy) is 1. The molecule has 1 aromatic carbocycles. The molecule has 0 bridgehead atoms. The molecule has 0 atom stereocenters. The first-order valence-corrected chi connectivity index (χ1v) is 6.76. The van der Waals surface area contributed by atoms with E-state index in [9.17, 15) is 0 Å². The fourth-order valence-electron chi connectivity index (χ4n) is 1.60. The van der Waals surface area contributed by atoms with Crippen LogP contribution in [-0.4, -0.2) is 23.6 Å². The standard InChI is InChI=1S/C13H14IN3O/c1-3-18-11-7-5-4-6-9(11)12-16-8-10(14)13(15-2)17-12/h4-8H,3H2,1-2H3,(H,15,16,17). The number of anilines is 1. The molecule has 0 fully saturated rings. The summed E-state index contributed by atoms with van der Waals surface area (Å²) in [5.41, 5.74) is 0.909. The van der Waals surface area contributed by atoms with Gasteiger partial charge in [-0.3, -0.25) is 0 Å². The van der Waals surface area contributed by atoms with E-state index in [1.54, 1.807) is 6.20 Å². The summed E-state index contributed by atoms with van der Waals surface area (Å²) in [5.74, 6) is 2.30. The van der Waals surface area contributed by atoms with Gasteiger partial charge in [0.1, 0.15) is 11.6 Å². The average Bonchev–Trinajstić information content (AvgIpc) is 2.40. The predicted octanol–water partition coefficient (Wildman–Crippen LogP) is 3.19. The van der Waals surface area contributed by atoms with Gasteiger partial charge < -0.3 is 10.1 Å². The summed E-state index contributed by atoms with van der Waals surface area (Å²) in [6, 6.07) is 7.80. The third kappa shape index (κ3) is 2.72. The van der Waals surface area contributed by atoms with Crippen LogP contribution >= 0.6 is 22.6 Å². The Morgan fingerprint density at radius 1 is 1.33 bits per heavy atom. The Kier molecular flexibility index (Phi) is 4.35. The molecule has 0 unspecified atom stereocenters. The van der Waals surface area contributed by atoms with Gasteiger partial charge in [-0.25, -0.2) is 9.97 Å². The second-order valence-electron chi connectivity index (χ2n) is 3.57. The molecular formula is C13H14IN3O. The number of para-hydroxylation sites is 1. The predicted molar refractivity (Wildman–Crippen MR) is 80.9 cm³/mol. The van der Waals surface area contributed by atoms with Crippen LogP contribution in [0.5, 0.6) is 5.75 Å². The van der Waals surface area contributed by atoms with Crippen molar-refractivity contribution < 1.29 is 4.74 Å². The van der Waals surface area contributed by atoms with Gasteiger partial charge >= 0.3 is 0 Å². The number of hydrogen-bond acceptors (Lipinski definition) is 4. The molecule has 1 aromatic heterocycles. The van der Waals surface area contributed by atoms with Crippen LogP contribution in [-0.2, 0) is 0 Å². The topological polar surface area (TPSA) is 47.0 Å². The molecule has 0 saturated heterocycles. The number of rotatable bonds is 4. The number of aromatic nitrogens is 2. The fraction of sp³-hybridized carbons (Fsp3) is 0.231. The average molecular weight is 355 g/mol. The summed E-state index contributed by atoms with van der Waals surface area (Å²) < 4.78 is 6.59. The molecule has 2 rings (SSSR count). The maximum Gasteiger partial charge on any atom is 0.165 e. The number of benzene rings is 1. The van der Waals surface area contributed by atoms with E-state index >= 15 is 0 Å². The van der Waals surface area contributed by atoms with Gasteiger partial charge in [0, 0.05) is 13.2 Å². The van der Waals surface area contributed by atoms with E-state index in [1.165, 1.54) is 0 Å². The van der Waals surface area contributed by atoms with Gasteiger partial charge in [-0.1, -0.05) is 12.1 Å². The maximum absolute atomic E-state index is 5.59. The first kappa shape index (κ1) is 13.1. The minimum absolute atomic E-state index is 0.625. The van der Waals surface area contributed by atoms with Crippen molar-refractivity contribution in [3.05, 3.63) is 34.0 Å². The van der Waals surface area contributed by atoms with Crippen LogP contribution in [0.4, 0.5) is 5.82 Å². The van der Waals surface area contributed by atoms with Crippen LogP contribution < -0.4 is 10.1 Å². The number of nitrogens with one attached hydrogen (secondary N) is 1. The highest BCUT2D eigenvalue weighted by molar-refractivity contribution is 14.1. The lowest BCUT2D eigenvalue weighted by molar-refractivity contribution is 0.341. The Morgan fingerprint density at radius 2 is 2.11 bits per heavy atom. The molecule has 1 N–H and O–H groups in total. The third-order valence-electron chi connectivity index (χ3n) is 2.41. The van der Waals surface area contributed by atoms with Gasteiger partial charge in [-0.05, 0) is 41.6 Å². The molecule has 0 amide bonds. The maximum atomic E-state index is 5.59. The second kappa shape index (κ2) is 5.99. The lowest BCUT2D eigenvalue weighted by atomic mass is 10.2. The van der Waals surface area contributed by atoms with Crippen molar-refractivity contribution in [3.63, 3.8) is 0 Å². The van der Waals surface area contributed by atoms with E-state index in [1.807, 2.05) is 38.2 Å². The Hall–Kier alpha value is -1.37. The minimum Gasteiger partial charge on any atom is -0.493 e. The van der Waals surface area contributed by atoms with Gasteiger partial charge in [0.2, 0.25) is 0 Å². The van der Waals surface area contributed by atoms with Crippen LogP contribution in [0.1, 0.15) is 6.92 Å². The van der Waals surface area contributed by atoms with Gasteiger partial charge in [0.15, 0.2) is 5.82 Å². The number of halogens is 1. The molecule has 0 aliphatic heterocycles. The fourth-order valence-corrected chi connectivity index (χ4v) is 2.13. The van der Waals surface area contributed by atoms with Gasteiger partial charge in [-0.15, -0.1) is 0 Å². The molecule has 18 heavy (non-hydrogen) atoms.